The van der Waals surface area contributed by atoms with Crippen molar-refractivity contribution in [2.75, 3.05) is 52.7 Å². The zero-order valence-electron chi connectivity index (χ0n) is 33.5. The SMILES string of the molecule is C=CC(=O)OCCOC(=O)c1ccccc1C(=O)OCC(C)OC(=O)NCC1CCC(CNC(=O)OC(C)COC(=O)c2ccccc2C(=O)OCCOC(=O)C=C)CC1. The van der Waals surface area contributed by atoms with Gasteiger partial charge in [0.25, 0.3) is 0 Å². The summed E-state index contributed by atoms with van der Waals surface area (Å²) in [5.41, 5.74) is -0.201. The lowest BCUT2D eigenvalue weighted by Crippen LogP contribution is -2.37. The molecular weight excluding hydrogens is 788 g/mol. The summed E-state index contributed by atoms with van der Waals surface area (Å²) < 4.78 is 40.8. The second kappa shape index (κ2) is 25.6. The zero-order chi connectivity index (χ0) is 43.9. The molecule has 1 aliphatic carbocycles. The van der Waals surface area contributed by atoms with Crippen LogP contribution in [0, 0.1) is 11.8 Å². The molecule has 2 aromatic carbocycles. The number of hydrogen-bond acceptors (Lipinski definition) is 16. The van der Waals surface area contributed by atoms with Crippen molar-refractivity contribution in [1.82, 2.24) is 10.6 Å². The molecule has 2 unspecified atom stereocenters. The highest BCUT2D eigenvalue weighted by molar-refractivity contribution is 6.04. The van der Waals surface area contributed by atoms with Gasteiger partial charge in [0.2, 0.25) is 0 Å². The first-order valence-corrected chi connectivity index (χ1v) is 19.1. The fourth-order valence-corrected chi connectivity index (χ4v) is 5.66. The van der Waals surface area contributed by atoms with E-state index in [1.54, 1.807) is 38.1 Å². The van der Waals surface area contributed by atoms with Gasteiger partial charge in [-0.3, -0.25) is 0 Å². The van der Waals surface area contributed by atoms with E-state index >= 15 is 0 Å². The number of rotatable bonds is 22. The number of nitrogens with one attached hydrogen (secondary N) is 2. The molecule has 324 valence electrons. The standard InChI is InChI=1S/C42H50N2O16/c1-5-35(45)53-19-21-55-37(47)31-11-7-9-13-33(31)39(49)57-25-27(3)59-41(51)43-23-29-15-17-30(18-16-29)24-44-42(52)60-28(4)26-58-40(50)34-14-10-8-12-32(34)38(48)56-22-20-54-36(46)6-2/h5-14,27-30H,1-2,15-26H2,3-4H3,(H,43,51)(H,44,52). The van der Waals surface area contributed by atoms with Crippen LogP contribution >= 0.6 is 0 Å². The highest BCUT2D eigenvalue weighted by Crippen LogP contribution is 2.28. The highest BCUT2D eigenvalue weighted by Gasteiger charge is 2.25. The Morgan fingerprint density at radius 1 is 0.533 bits per heavy atom. The summed E-state index contributed by atoms with van der Waals surface area (Å²) in [5.74, 6) is -4.24. The summed E-state index contributed by atoms with van der Waals surface area (Å²) in [4.78, 5) is 97.6. The molecule has 0 saturated heterocycles. The van der Waals surface area contributed by atoms with Crippen molar-refractivity contribution >= 4 is 48.0 Å². The first-order valence-electron chi connectivity index (χ1n) is 19.1. The molecule has 2 atom stereocenters. The van der Waals surface area contributed by atoms with Crippen molar-refractivity contribution in [3.05, 3.63) is 96.1 Å². The number of hydrogen-bond donors (Lipinski definition) is 2. The summed E-state index contributed by atoms with van der Waals surface area (Å²) in [6.45, 7) is 8.98. The molecule has 3 rings (SSSR count). The summed E-state index contributed by atoms with van der Waals surface area (Å²) in [6.07, 6.45) is 2.15. The molecule has 18 nitrogen and oxygen atoms in total. The van der Waals surface area contributed by atoms with Crippen LogP contribution in [0.25, 0.3) is 0 Å². The Morgan fingerprint density at radius 3 is 1.15 bits per heavy atom. The average molecular weight is 839 g/mol. The lowest BCUT2D eigenvalue weighted by Gasteiger charge is -2.28. The topological polar surface area (TPSA) is 234 Å². The fourth-order valence-electron chi connectivity index (χ4n) is 5.66. The third kappa shape index (κ3) is 17.0. The number of amides is 2. The highest BCUT2D eigenvalue weighted by atomic mass is 16.6. The van der Waals surface area contributed by atoms with E-state index in [4.69, 9.17) is 37.9 Å². The van der Waals surface area contributed by atoms with Gasteiger partial charge in [-0.2, -0.15) is 0 Å². The van der Waals surface area contributed by atoms with Crippen LogP contribution in [0.4, 0.5) is 9.59 Å². The second-order valence-electron chi connectivity index (χ2n) is 13.4. The Morgan fingerprint density at radius 2 is 0.833 bits per heavy atom. The van der Waals surface area contributed by atoms with Crippen LogP contribution in [0.5, 0.6) is 0 Å². The molecular formula is C42H50N2O16. The number of alkyl carbamates (subject to hydrolysis) is 2. The Labute approximate surface area is 346 Å². The largest absolute Gasteiger partial charge is 0.459 e. The Kier molecular flexibility index (Phi) is 20.3. The number of carbonyl (C=O) groups excluding carboxylic acids is 8. The van der Waals surface area contributed by atoms with Crippen LogP contribution in [0.15, 0.2) is 73.8 Å². The lowest BCUT2D eigenvalue weighted by molar-refractivity contribution is -0.139. The molecule has 2 N–H and O–H groups in total. The molecule has 0 aliphatic heterocycles. The van der Waals surface area contributed by atoms with E-state index < -0.39 is 60.2 Å². The number of benzene rings is 2. The fraction of sp³-hybridized carbons (Fsp3) is 0.429. The van der Waals surface area contributed by atoms with Crippen LogP contribution in [0.1, 0.15) is 81.0 Å². The molecule has 2 amide bonds. The van der Waals surface area contributed by atoms with Gasteiger partial charge >= 0.3 is 48.0 Å². The second-order valence-corrected chi connectivity index (χ2v) is 13.4. The normalized spacial score (nSPS) is 15.3. The van der Waals surface area contributed by atoms with E-state index in [1.165, 1.54) is 24.3 Å². The van der Waals surface area contributed by atoms with E-state index in [-0.39, 0.29) is 73.7 Å². The molecule has 0 radical (unpaired) electrons. The predicted molar refractivity (Wildman–Crippen MR) is 210 cm³/mol. The lowest BCUT2D eigenvalue weighted by atomic mass is 9.82. The molecule has 0 bridgehead atoms. The van der Waals surface area contributed by atoms with Gasteiger partial charge in [0.05, 0.1) is 22.3 Å². The van der Waals surface area contributed by atoms with Crippen molar-refractivity contribution in [3.8, 4) is 0 Å². The average Bonchev–Trinajstić information content (AvgIpc) is 3.26. The van der Waals surface area contributed by atoms with E-state index in [9.17, 15) is 38.4 Å². The summed E-state index contributed by atoms with van der Waals surface area (Å²) in [7, 11) is 0. The van der Waals surface area contributed by atoms with Crippen molar-refractivity contribution < 1.29 is 76.3 Å². The third-order valence-electron chi connectivity index (χ3n) is 8.74. The van der Waals surface area contributed by atoms with E-state index in [0.29, 0.717) is 13.1 Å². The van der Waals surface area contributed by atoms with Crippen molar-refractivity contribution in [1.29, 1.82) is 0 Å². The Bertz CT molecular complexity index is 1710. The molecule has 0 heterocycles. The summed E-state index contributed by atoms with van der Waals surface area (Å²) >= 11 is 0. The maximum atomic E-state index is 12.7. The summed E-state index contributed by atoms with van der Waals surface area (Å²) in [5, 5.41) is 5.47. The van der Waals surface area contributed by atoms with E-state index in [1.807, 2.05) is 0 Å². The van der Waals surface area contributed by atoms with Crippen LogP contribution in [0.2, 0.25) is 0 Å². The number of ether oxygens (including phenoxy) is 8. The quantitative estimate of drug-likeness (QED) is 0.0718. The third-order valence-corrected chi connectivity index (χ3v) is 8.74. The van der Waals surface area contributed by atoms with Crippen LogP contribution < -0.4 is 10.6 Å². The van der Waals surface area contributed by atoms with Crippen LogP contribution in [-0.4, -0.2) is 113 Å². The van der Waals surface area contributed by atoms with Gasteiger partial charge < -0.3 is 48.5 Å². The van der Waals surface area contributed by atoms with Gasteiger partial charge in [-0.1, -0.05) is 37.4 Å². The first-order chi connectivity index (χ1) is 28.8. The monoisotopic (exact) mass is 838 g/mol. The first kappa shape index (κ1) is 47.7. The van der Waals surface area contributed by atoms with Crippen molar-refractivity contribution in [2.45, 2.75) is 51.7 Å². The van der Waals surface area contributed by atoms with E-state index in [2.05, 4.69) is 23.8 Å². The smallest absolute Gasteiger partial charge is 0.407 e. The molecule has 2 aromatic rings. The molecule has 60 heavy (non-hydrogen) atoms. The summed E-state index contributed by atoms with van der Waals surface area (Å²) in [6, 6.07) is 11.7. The Balaban J connectivity index is 1.29. The maximum Gasteiger partial charge on any atom is 0.407 e. The minimum atomic E-state index is -0.823. The minimum Gasteiger partial charge on any atom is -0.459 e. The molecule has 18 heteroatoms. The van der Waals surface area contributed by atoms with Gasteiger partial charge in [-0.25, -0.2) is 38.4 Å². The van der Waals surface area contributed by atoms with Gasteiger partial charge in [-0.15, -0.1) is 0 Å². The molecule has 1 fully saturated rings. The predicted octanol–water partition coefficient (Wildman–Crippen LogP) is 4.51. The Hall–Kier alpha value is -6.72. The zero-order valence-corrected chi connectivity index (χ0v) is 33.5. The van der Waals surface area contributed by atoms with Gasteiger partial charge in [0.1, 0.15) is 51.8 Å². The van der Waals surface area contributed by atoms with Crippen molar-refractivity contribution in [3.63, 3.8) is 0 Å². The van der Waals surface area contributed by atoms with E-state index in [0.717, 1.165) is 37.8 Å². The van der Waals surface area contributed by atoms with Crippen LogP contribution in [-0.2, 0) is 47.5 Å². The number of carbonyl (C=O) groups is 8. The molecule has 1 saturated carbocycles. The minimum absolute atomic E-state index is 0.0487. The van der Waals surface area contributed by atoms with Crippen molar-refractivity contribution in [2.24, 2.45) is 11.8 Å². The van der Waals surface area contributed by atoms with Gasteiger partial charge in [0.15, 0.2) is 0 Å². The van der Waals surface area contributed by atoms with Gasteiger partial charge in [-0.05, 0) is 75.6 Å². The molecule has 0 aromatic heterocycles. The van der Waals surface area contributed by atoms with Gasteiger partial charge in [0, 0.05) is 25.2 Å². The maximum absolute atomic E-state index is 12.7. The molecule has 1 aliphatic rings. The van der Waals surface area contributed by atoms with Crippen LogP contribution in [0.3, 0.4) is 0 Å². The number of esters is 6. The molecule has 0 spiro atoms.